The standard InChI is InChI=1S/C19H30N4O2/c1-4-14(2)23-19(20-3)22-12-15-7-5-8-16(11-15)18(24)21-13-17-9-6-10-25-17/h5,7-8,11,14,17H,4,6,9-10,12-13H2,1-3H3,(H,21,24)(H2,20,22,23). The largest absolute Gasteiger partial charge is 0.376 e. The monoisotopic (exact) mass is 346 g/mol. The molecular weight excluding hydrogens is 316 g/mol. The van der Waals surface area contributed by atoms with Crippen LogP contribution >= 0.6 is 0 Å². The van der Waals surface area contributed by atoms with E-state index in [-0.39, 0.29) is 12.0 Å². The molecule has 0 radical (unpaired) electrons. The summed E-state index contributed by atoms with van der Waals surface area (Å²) in [5.74, 6) is 0.710. The number of nitrogens with zero attached hydrogens (tertiary/aromatic N) is 1. The minimum Gasteiger partial charge on any atom is -0.376 e. The highest BCUT2D eigenvalue weighted by molar-refractivity contribution is 5.94. The number of benzene rings is 1. The maximum absolute atomic E-state index is 12.3. The van der Waals surface area contributed by atoms with Gasteiger partial charge in [-0.3, -0.25) is 9.79 Å². The first kappa shape index (κ1) is 19.2. The fourth-order valence-corrected chi connectivity index (χ4v) is 2.65. The molecule has 1 saturated heterocycles. The molecule has 0 aromatic heterocycles. The Hall–Kier alpha value is -2.08. The van der Waals surface area contributed by atoms with Crippen LogP contribution < -0.4 is 16.0 Å². The summed E-state index contributed by atoms with van der Waals surface area (Å²) >= 11 is 0. The first-order valence-electron chi connectivity index (χ1n) is 9.08. The first-order valence-corrected chi connectivity index (χ1v) is 9.08. The van der Waals surface area contributed by atoms with Crippen LogP contribution in [0.3, 0.4) is 0 Å². The Labute approximate surface area is 150 Å². The Bertz CT molecular complexity index is 583. The highest BCUT2D eigenvalue weighted by Gasteiger charge is 2.16. The third kappa shape index (κ3) is 6.38. The summed E-state index contributed by atoms with van der Waals surface area (Å²) in [7, 11) is 1.76. The van der Waals surface area contributed by atoms with Crippen LogP contribution in [-0.2, 0) is 11.3 Å². The molecule has 2 rings (SSSR count). The molecule has 1 aromatic carbocycles. The summed E-state index contributed by atoms with van der Waals surface area (Å²) < 4.78 is 5.54. The average Bonchev–Trinajstić information content (AvgIpc) is 3.16. The molecule has 1 fully saturated rings. The summed E-state index contributed by atoms with van der Waals surface area (Å²) in [6.45, 7) is 6.24. The number of guanidine groups is 1. The van der Waals surface area contributed by atoms with Crippen molar-refractivity contribution in [3.63, 3.8) is 0 Å². The van der Waals surface area contributed by atoms with Crippen LogP contribution in [0.2, 0.25) is 0 Å². The van der Waals surface area contributed by atoms with Crippen molar-refractivity contribution in [1.82, 2.24) is 16.0 Å². The molecule has 3 N–H and O–H groups in total. The lowest BCUT2D eigenvalue weighted by Crippen LogP contribution is -2.41. The summed E-state index contributed by atoms with van der Waals surface area (Å²) in [6.07, 6.45) is 3.28. The second-order valence-corrected chi connectivity index (χ2v) is 6.42. The molecule has 2 unspecified atom stereocenters. The zero-order valence-electron chi connectivity index (χ0n) is 15.5. The minimum absolute atomic E-state index is 0.0561. The number of hydrogen-bond acceptors (Lipinski definition) is 3. The number of ether oxygens (including phenoxy) is 1. The third-order valence-corrected chi connectivity index (χ3v) is 4.38. The molecule has 1 aromatic rings. The van der Waals surface area contributed by atoms with Gasteiger partial charge in [0.2, 0.25) is 0 Å². The molecular formula is C19H30N4O2. The zero-order valence-corrected chi connectivity index (χ0v) is 15.5. The topological polar surface area (TPSA) is 74.8 Å². The number of amides is 1. The van der Waals surface area contributed by atoms with E-state index in [0.29, 0.717) is 24.7 Å². The van der Waals surface area contributed by atoms with Gasteiger partial charge in [-0.1, -0.05) is 19.1 Å². The van der Waals surface area contributed by atoms with E-state index in [2.05, 4.69) is 34.8 Å². The lowest BCUT2D eigenvalue weighted by molar-refractivity contribution is 0.0857. The zero-order chi connectivity index (χ0) is 18.1. The van der Waals surface area contributed by atoms with Crippen molar-refractivity contribution in [3.8, 4) is 0 Å². The Morgan fingerprint density at radius 2 is 2.24 bits per heavy atom. The number of rotatable bonds is 7. The Morgan fingerprint density at radius 1 is 1.40 bits per heavy atom. The number of carbonyl (C=O) groups is 1. The van der Waals surface area contributed by atoms with Crippen LogP contribution in [-0.4, -0.2) is 44.2 Å². The van der Waals surface area contributed by atoms with Gasteiger partial charge in [0.1, 0.15) is 0 Å². The van der Waals surface area contributed by atoms with Crippen molar-refractivity contribution >= 4 is 11.9 Å². The van der Waals surface area contributed by atoms with Crippen molar-refractivity contribution in [2.24, 2.45) is 4.99 Å². The maximum atomic E-state index is 12.3. The fourth-order valence-electron chi connectivity index (χ4n) is 2.65. The van der Waals surface area contributed by atoms with Crippen LogP contribution in [0.25, 0.3) is 0 Å². The molecule has 1 aliphatic heterocycles. The number of hydrogen-bond donors (Lipinski definition) is 3. The van der Waals surface area contributed by atoms with Gasteiger partial charge >= 0.3 is 0 Å². The van der Waals surface area contributed by atoms with Gasteiger partial charge < -0.3 is 20.7 Å². The second-order valence-electron chi connectivity index (χ2n) is 6.42. The summed E-state index contributed by atoms with van der Waals surface area (Å²) in [5.41, 5.74) is 1.71. The Kier molecular flexibility index (Phi) is 7.73. The van der Waals surface area contributed by atoms with Crippen LogP contribution in [0.4, 0.5) is 0 Å². The molecule has 138 valence electrons. The van der Waals surface area contributed by atoms with E-state index in [4.69, 9.17) is 4.74 Å². The van der Waals surface area contributed by atoms with Gasteiger partial charge in [0.05, 0.1) is 6.10 Å². The van der Waals surface area contributed by atoms with Gasteiger partial charge in [-0.15, -0.1) is 0 Å². The van der Waals surface area contributed by atoms with Crippen LogP contribution in [0.15, 0.2) is 29.3 Å². The van der Waals surface area contributed by atoms with Crippen LogP contribution in [0, 0.1) is 0 Å². The van der Waals surface area contributed by atoms with Gasteiger partial charge in [0, 0.05) is 38.3 Å². The lowest BCUT2D eigenvalue weighted by Gasteiger charge is -2.16. The van der Waals surface area contributed by atoms with E-state index < -0.39 is 0 Å². The molecule has 0 spiro atoms. The van der Waals surface area contributed by atoms with E-state index in [0.717, 1.165) is 37.4 Å². The van der Waals surface area contributed by atoms with Crippen molar-refractivity contribution in [1.29, 1.82) is 0 Å². The van der Waals surface area contributed by atoms with Crippen molar-refractivity contribution in [3.05, 3.63) is 35.4 Å². The molecule has 1 heterocycles. The minimum atomic E-state index is -0.0561. The lowest BCUT2D eigenvalue weighted by atomic mass is 10.1. The Balaban J connectivity index is 1.85. The van der Waals surface area contributed by atoms with Crippen molar-refractivity contribution in [2.75, 3.05) is 20.2 Å². The second kappa shape index (κ2) is 10.0. The molecule has 0 bridgehead atoms. The van der Waals surface area contributed by atoms with Gasteiger partial charge in [-0.05, 0) is 43.9 Å². The van der Waals surface area contributed by atoms with Gasteiger partial charge in [-0.2, -0.15) is 0 Å². The predicted molar refractivity (Wildman–Crippen MR) is 101 cm³/mol. The van der Waals surface area contributed by atoms with Crippen LogP contribution in [0.5, 0.6) is 0 Å². The van der Waals surface area contributed by atoms with Crippen molar-refractivity contribution < 1.29 is 9.53 Å². The van der Waals surface area contributed by atoms with Crippen LogP contribution in [0.1, 0.15) is 49.0 Å². The highest BCUT2D eigenvalue weighted by Crippen LogP contribution is 2.11. The van der Waals surface area contributed by atoms with E-state index in [1.165, 1.54) is 0 Å². The third-order valence-electron chi connectivity index (χ3n) is 4.38. The summed E-state index contributed by atoms with van der Waals surface area (Å²) in [4.78, 5) is 16.5. The SMILES string of the molecule is CCC(C)NC(=NC)NCc1cccc(C(=O)NCC2CCCO2)c1. The van der Waals surface area contributed by atoms with Crippen molar-refractivity contribution in [2.45, 2.75) is 51.8 Å². The van der Waals surface area contributed by atoms with E-state index in [1.54, 1.807) is 7.05 Å². The van der Waals surface area contributed by atoms with E-state index in [1.807, 2.05) is 24.3 Å². The average molecular weight is 346 g/mol. The van der Waals surface area contributed by atoms with Gasteiger partial charge in [0.15, 0.2) is 5.96 Å². The smallest absolute Gasteiger partial charge is 0.251 e. The molecule has 1 amide bonds. The first-order chi connectivity index (χ1) is 12.1. The number of nitrogens with one attached hydrogen (secondary N) is 3. The molecule has 2 atom stereocenters. The molecule has 25 heavy (non-hydrogen) atoms. The molecule has 6 heteroatoms. The molecule has 0 saturated carbocycles. The molecule has 1 aliphatic rings. The Morgan fingerprint density at radius 3 is 2.92 bits per heavy atom. The van der Waals surface area contributed by atoms with E-state index >= 15 is 0 Å². The molecule has 6 nitrogen and oxygen atoms in total. The highest BCUT2D eigenvalue weighted by atomic mass is 16.5. The normalized spacial score (nSPS) is 18.7. The number of aliphatic imine (C=N–C) groups is 1. The quantitative estimate of drug-likeness (QED) is 0.522. The predicted octanol–water partition coefficient (Wildman–Crippen LogP) is 2.06. The van der Waals surface area contributed by atoms with Gasteiger partial charge in [0.25, 0.3) is 5.91 Å². The van der Waals surface area contributed by atoms with Gasteiger partial charge in [-0.25, -0.2) is 0 Å². The summed E-state index contributed by atoms with van der Waals surface area (Å²) in [5, 5.41) is 9.56. The van der Waals surface area contributed by atoms with E-state index in [9.17, 15) is 4.79 Å². The number of carbonyl (C=O) groups excluding carboxylic acids is 1. The fraction of sp³-hybridized carbons (Fsp3) is 0.579. The molecule has 0 aliphatic carbocycles. The maximum Gasteiger partial charge on any atom is 0.251 e. The summed E-state index contributed by atoms with van der Waals surface area (Å²) in [6, 6.07) is 8.01.